The Bertz CT molecular complexity index is 183. The van der Waals surface area contributed by atoms with E-state index in [1.807, 2.05) is 13.8 Å². The van der Waals surface area contributed by atoms with Gasteiger partial charge in [0.25, 0.3) is 0 Å². The van der Waals surface area contributed by atoms with Gasteiger partial charge in [0.05, 0.1) is 12.1 Å². The molecular weight excluding hydrogens is 192 g/mol. The van der Waals surface area contributed by atoms with Crippen LogP contribution in [0.4, 0.5) is 0 Å². The third kappa shape index (κ3) is 6.47. The fraction of sp³-hybridized carbons (Fsp3) is 0.909. The van der Waals surface area contributed by atoms with Gasteiger partial charge in [-0.3, -0.25) is 4.79 Å². The molecule has 90 valence electrons. The van der Waals surface area contributed by atoms with Crippen molar-refractivity contribution >= 4 is 5.91 Å². The number of rotatable bonds is 7. The molecule has 0 saturated carbocycles. The van der Waals surface area contributed by atoms with Gasteiger partial charge in [0.1, 0.15) is 0 Å². The zero-order chi connectivity index (χ0) is 11.8. The molecule has 0 aromatic heterocycles. The molecule has 15 heavy (non-hydrogen) atoms. The lowest BCUT2D eigenvalue weighted by molar-refractivity contribution is -0.123. The topological polar surface area (TPSA) is 75.4 Å². The Labute approximate surface area is 92.2 Å². The number of carbonyl (C=O) groups excluding carboxylic acids is 1. The maximum Gasteiger partial charge on any atom is 0.237 e. The van der Waals surface area contributed by atoms with Gasteiger partial charge in [0.2, 0.25) is 5.91 Å². The van der Waals surface area contributed by atoms with E-state index < -0.39 is 6.04 Å². The zero-order valence-electron chi connectivity index (χ0n) is 9.99. The molecule has 0 aromatic rings. The van der Waals surface area contributed by atoms with Crippen LogP contribution in [0.1, 0.15) is 40.0 Å². The molecule has 4 nitrogen and oxygen atoms in total. The van der Waals surface area contributed by atoms with Gasteiger partial charge in [-0.05, 0) is 25.7 Å². The van der Waals surface area contributed by atoms with Gasteiger partial charge in [-0.15, -0.1) is 0 Å². The van der Waals surface area contributed by atoms with E-state index in [1.165, 1.54) is 0 Å². The molecule has 0 aliphatic rings. The molecular formula is C11H24N2O2. The molecule has 0 fully saturated rings. The first-order valence-corrected chi connectivity index (χ1v) is 5.70. The maximum absolute atomic E-state index is 11.5. The Morgan fingerprint density at radius 2 is 2.07 bits per heavy atom. The van der Waals surface area contributed by atoms with E-state index in [0.29, 0.717) is 13.0 Å². The van der Waals surface area contributed by atoms with Crippen LogP contribution in [0.25, 0.3) is 0 Å². The van der Waals surface area contributed by atoms with Crippen LogP contribution in [0.2, 0.25) is 0 Å². The zero-order valence-corrected chi connectivity index (χ0v) is 9.99. The SMILES string of the molecule is CC[C@H](C)[C@H](N)C(=O)NCCCC(C)O. The lowest BCUT2D eigenvalue weighted by Crippen LogP contribution is -2.44. The highest BCUT2D eigenvalue weighted by molar-refractivity contribution is 5.81. The summed E-state index contributed by atoms with van der Waals surface area (Å²) in [7, 11) is 0. The van der Waals surface area contributed by atoms with Crippen molar-refractivity contribution in [2.75, 3.05) is 6.54 Å². The van der Waals surface area contributed by atoms with Crippen LogP contribution in [0.15, 0.2) is 0 Å². The molecule has 1 amide bonds. The Hall–Kier alpha value is -0.610. The second kappa shape index (κ2) is 7.65. The number of nitrogens with two attached hydrogens (primary N) is 1. The van der Waals surface area contributed by atoms with Crippen molar-refractivity contribution in [2.45, 2.75) is 52.2 Å². The van der Waals surface area contributed by atoms with Gasteiger partial charge >= 0.3 is 0 Å². The molecule has 0 heterocycles. The minimum Gasteiger partial charge on any atom is -0.393 e. The molecule has 3 atom stereocenters. The van der Waals surface area contributed by atoms with E-state index in [2.05, 4.69) is 5.32 Å². The van der Waals surface area contributed by atoms with Gasteiger partial charge in [0.15, 0.2) is 0 Å². The first-order valence-electron chi connectivity index (χ1n) is 5.70. The lowest BCUT2D eigenvalue weighted by Gasteiger charge is -2.17. The predicted molar refractivity (Wildman–Crippen MR) is 61.4 cm³/mol. The Morgan fingerprint density at radius 3 is 2.53 bits per heavy atom. The summed E-state index contributed by atoms with van der Waals surface area (Å²) in [5.74, 6) is 0.122. The van der Waals surface area contributed by atoms with Crippen molar-refractivity contribution in [1.29, 1.82) is 0 Å². The summed E-state index contributed by atoms with van der Waals surface area (Å²) in [6.07, 6.45) is 2.10. The molecule has 0 spiro atoms. The number of aliphatic hydroxyl groups is 1. The van der Waals surface area contributed by atoms with E-state index in [4.69, 9.17) is 10.8 Å². The first-order chi connectivity index (χ1) is 6.99. The van der Waals surface area contributed by atoms with Crippen LogP contribution >= 0.6 is 0 Å². The highest BCUT2D eigenvalue weighted by Gasteiger charge is 2.18. The van der Waals surface area contributed by atoms with Crippen molar-refractivity contribution in [1.82, 2.24) is 5.32 Å². The standard InChI is InChI=1S/C11H24N2O2/c1-4-8(2)10(12)11(15)13-7-5-6-9(3)14/h8-10,14H,4-7,12H2,1-3H3,(H,13,15)/t8-,9?,10-/m0/s1. The van der Waals surface area contributed by atoms with E-state index in [1.54, 1.807) is 6.92 Å². The van der Waals surface area contributed by atoms with Crippen LogP contribution in [-0.2, 0) is 4.79 Å². The molecule has 4 N–H and O–H groups in total. The van der Waals surface area contributed by atoms with Gasteiger partial charge < -0.3 is 16.2 Å². The average Bonchev–Trinajstić information content (AvgIpc) is 2.21. The molecule has 0 rings (SSSR count). The van der Waals surface area contributed by atoms with Crippen LogP contribution in [-0.4, -0.2) is 29.7 Å². The van der Waals surface area contributed by atoms with Crippen molar-refractivity contribution in [3.8, 4) is 0 Å². The summed E-state index contributed by atoms with van der Waals surface area (Å²) >= 11 is 0. The molecule has 0 bridgehead atoms. The second-order valence-corrected chi connectivity index (χ2v) is 4.19. The van der Waals surface area contributed by atoms with E-state index in [-0.39, 0.29) is 17.9 Å². The highest BCUT2D eigenvalue weighted by Crippen LogP contribution is 2.05. The van der Waals surface area contributed by atoms with Crippen LogP contribution in [0.3, 0.4) is 0 Å². The summed E-state index contributed by atoms with van der Waals surface area (Å²) in [6.45, 7) is 6.33. The molecule has 0 aliphatic heterocycles. The summed E-state index contributed by atoms with van der Waals surface area (Å²) in [4.78, 5) is 11.5. The number of hydrogen-bond acceptors (Lipinski definition) is 3. The third-order valence-corrected chi connectivity index (χ3v) is 2.66. The predicted octanol–water partition coefficient (Wildman–Crippen LogP) is 0.637. The second-order valence-electron chi connectivity index (χ2n) is 4.19. The lowest BCUT2D eigenvalue weighted by atomic mass is 9.99. The maximum atomic E-state index is 11.5. The minimum absolute atomic E-state index is 0.0880. The monoisotopic (exact) mass is 216 g/mol. The quantitative estimate of drug-likeness (QED) is 0.547. The van der Waals surface area contributed by atoms with Crippen molar-refractivity contribution in [3.05, 3.63) is 0 Å². The van der Waals surface area contributed by atoms with E-state index in [0.717, 1.165) is 12.8 Å². The molecule has 0 aliphatic carbocycles. The normalized spacial score (nSPS) is 16.9. The molecule has 4 heteroatoms. The third-order valence-electron chi connectivity index (χ3n) is 2.66. The number of carbonyl (C=O) groups is 1. The van der Waals surface area contributed by atoms with Crippen molar-refractivity contribution in [2.24, 2.45) is 11.7 Å². The molecule has 1 unspecified atom stereocenters. The highest BCUT2D eigenvalue weighted by atomic mass is 16.3. The van der Waals surface area contributed by atoms with E-state index >= 15 is 0 Å². The first kappa shape index (κ1) is 14.4. The Balaban J connectivity index is 3.65. The largest absolute Gasteiger partial charge is 0.393 e. The number of amides is 1. The Morgan fingerprint density at radius 1 is 1.47 bits per heavy atom. The fourth-order valence-corrected chi connectivity index (χ4v) is 1.24. The molecule has 0 aromatic carbocycles. The smallest absolute Gasteiger partial charge is 0.237 e. The van der Waals surface area contributed by atoms with Gasteiger partial charge in [0, 0.05) is 6.54 Å². The average molecular weight is 216 g/mol. The number of aliphatic hydroxyl groups excluding tert-OH is 1. The summed E-state index contributed by atoms with van der Waals surface area (Å²) < 4.78 is 0. The Kier molecular flexibility index (Phi) is 7.34. The minimum atomic E-state index is -0.415. The fourth-order valence-electron chi connectivity index (χ4n) is 1.24. The van der Waals surface area contributed by atoms with Crippen molar-refractivity contribution < 1.29 is 9.90 Å². The van der Waals surface area contributed by atoms with Crippen LogP contribution in [0.5, 0.6) is 0 Å². The molecule has 0 radical (unpaired) electrons. The van der Waals surface area contributed by atoms with Crippen LogP contribution < -0.4 is 11.1 Å². The van der Waals surface area contributed by atoms with Gasteiger partial charge in [-0.25, -0.2) is 0 Å². The van der Waals surface area contributed by atoms with Crippen molar-refractivity contribution in [3.63, 3.8) is 0 Å². The van der Waals surface area contributed by atoms with E-state index in [9.17, 15) is 4.79 Å². The summed E-state index contributed by atoms with van der Waals surface area (Å²) in [5.41, 5.74) is 5.75. The summed E-state index contributed by atoms with van der Waals surface area (Å²) in [6, 6.07) is -0.415. The van der Waals surface area contributed by atoms with Gasteiger partial charge in [-0.2, -0.15) is 0 Å². The van der Waals surface area contributed by atoms with Gasteiger partial charge in [-0.1, -0.05) is 20.3 Å². The van der Waals surface area contributed by atoms with Crippen LogP contribution in [0, 0.1) is 5.92 Å². The number of nitrogens with one attached hydrogen (secondary N) is 1. The molecule has 0 saturated heterocycles. The summed E-state index contributed by atoms with van der Waals surface area (Å²) in [5, 5.41) is 11.8. The number of hydrogen-bond donors (Lipinski definition) is 3.